The van der Waals surface area contributed by atoms with E-state index in [2.05, 4.69) is 10.6 Å². The summed E-state index contributed by atoms with van der Waals surface area (Å²) in [5.74, 6) is 0.0844. The minimum Gasteiger partial charge on any atom is -0.336 e. The van der Waals surface area contributed by atoms with E-state index in [1.807, 2.05) is 56.0 Å². The molecule has 0 spiro atoms. The Morgan fingerprint density at radius 3 is 2.52 bits per heavy atom. The monoisotopic (exact) mass is 289 g/mol. The topological polar surface area (TPSA) is 61.4 Å². The molecule has 21 heavy (non-hydrogen) atoms. The number of nitrogens with zero attached hydrogens (tertiary/aromatic N) is 1. The highest BCUT2D eigenvalue weighted by Gasteiger charge is 2.33. The molecule has 5 nitrogen and oxygen atoms in total. The lowest BCUT2D eigenvalue weighted by Gasteiger charge is -2.25. The number of nitrogens with one attached hydrogen (secondary N) is 2. The van der Waals surface area contributed by atoms with Gasteiger partial charge >= 0.3 is 6.03 Å². The van der Waals surface area contributed by atoms with Gasteiger partial charge in [0.15, 0.2) is 0 Å². The summed E-state index contributed by atoms with van der Waals surface area (Å²) in [6.07, 6.45) is 0.364. The van der Waals surface area contributed by atoms with Crippen LogP contribution in [-0.2, 0) is 4.79 Å². The maximum Gasteiger partial charge on any atom is 0.315 e. The van der Waals surface area contributed by atoms with Gasteiger partial charge in [0.05, 0.1) is 12.1 Å². The average molecular weight is 289 g/mol. The number of benzene rings is 1. The van der Waals surface area contributed by atoms with Crippen molar-refractivity contribution in [1.82, 2.24) is 15.5 Å². The zero-order valence-electron chi connectivity index (χ0n) is 12.8. The molecular weight excluding hydrogens is 266 g/mol. The van der Waals surface area contributed by atoms with Crippen LogP contribution in [0.3, 0.4) is 0 Å². The van der Waals surface area contributed by atoms with Crippen molar-refractivity contribution in [2.75, 3.05) is 6.54 Å². The molecular formula is C16H23N3O2. The first kappa shape index (κ1) is 15.4. The van der Waals surface area contributed by atoms with Crippen molar-refractivity contribution in [1.29, 1.82) is 0 Å². The number of carbonyl (C=O) groups excluding carboxylic acids is 2. The first-order chi connectivity index (χ1) is 9.97. The first-order valence-electron chi connectivity index (χ1n) is 7.39. The van der Waals surface area contributed by atoms with Crippen molar-refractivity contribution in [3.8, 4) is 0 Å². The molecule has 1 aliphatic heterocycles. The van der Waals surface area contributed by atoms with Crippen LogP contribution in [0.2, 0.25) is 0 Å². The molecule has 1 heterocycles. The number of likely N-dealkylation sites (tertiary alicyclic amines) is 1. The van der Waals surface area contributed by atoms with Gasteiger partial charge in [-0.15, -0.1) is 0 Å². The molecule has 0 radical (unpaired) electrons. The predicted octanol–water partition coefficient (Wildman–Crippen LogP) is 2.06. The van der Waals surface area contributed by atoms with Crippen molar-refractivity contribution in [2.24, 2.45) is 0 Å². The molecule has 2 atom stereocenters. The standard InChI is InChI=1S/C16H23N3O2/c1-11(2)17-16(21)18-14-9-15(20)19(10-14)12(3)13-7-5-4-6-8-13/h4-8,11-12,14H,9-10H2,1-3H3,(H2,17,18,21). The van der Waals surface area contributed by atoms with Crippen molar-refractivity contribution < 1.29 is 9.59 Å². The first-order valence-corrected chi connectivity index (χ1v) is 7.39. The molecule has 5 heteroatoms. The third-order valence-electron chi connectivity index (χ3n) is 3.66. The Morgan fingerprint density at radius 1 is 1.24 bits per heavy atom. The molecule has 2 rings (SSSR count). The van der Waals surface area contributed by atoms with Crippen LogP contribution in [-0.4, -0.2) is 35.5 Å². The normalized spacial score (nSPS) is 19.7. The third-order valence-corrected chi connectivity index (χ3v) is 3.66. The van der Waals surface area contributed by atoms with Gasteiger partial charge in [-0.3, -0.25) is 4.79 Å². The van der Waals surface area contributed by atoms with Gasteiger partial charge in [0.25, 0.3) is 0 Å². The van der Waals surface area contributed by atoms with Gasteiger partial charge in [-0.1, -0.05) is 30.3 Å². The predicted molar refractivity (Wildman–Crippen MR) is 81.8 cm³/mol. The maximum absolute atomic E-state index is 12.2. The van der Waals surface area contributed by atoms with Crippen molar-refractivity contribution in [3.05, 3.63) is 35.9 Å². The molecule has 114 valence electrons. The minimum absolute atomic E-state index is 0.0265. The smallest absolute Gasteiger partial charge is 0.315 e. The molecule has 0 aromatic heterocycles. The van der Waals surface area contributed by atoms with Crippen LogP contribution in [0.1, 0.15) is 38.8 Å². The summed E-state index contributed by atoms with van der Waals surface area (Å²) in [6.45, 7) is 6.39. The third kappa shape index (κ3) is 3.97. The molecule has 1 aromatic carbocycles. The summed E-state index contributed by atoms with van der Waals surface area (Å²) < 4.78 is 0. The lowest BCUT2D eigenvalue weighted by Crippen LogP contribution is -2.45. The molecule has 1 fully saturated rings. The molecule has 1 aromatic rings. The second-order valence-electron chi connectivity index (χ2n) is 5.81. The van der Waals surface area contributed by atoms with E-state index in [4.69, 9.17) is 0 Å². The zero-order chi connectivity index (χ0) is 15.4. The molecule has 2 unspecified atom stereocenters. The largest absolute Gasteiger partial charge is 0.336 e. The molecule has 3 amide bonds. The Hall–Kier alpha value is -2.04. The van der Waals surface area contributed by atoms with Crippen LogP contribution in [0, 0.1) is 0 Å². The van der Waals surface area contributed by atoms with E-state index >= 15 is 0 Å². The summed E-state index contributed by atoms with van der Waals surface area (Å²) >= 11 is 0. The van der Waals surface area contributed by atoms with E-state index in [0.717, 1.165) is 5.56 Å². The molecule has 0 saturated carbocycles. The summed E-state index contributed by atoms with van der Waals surface area (Å²) in [5, 5.41) is 5.64. The van der Waals surface area contributed by atoms with Crippen molar-refractivity contribution in [2.45, 2.75) is 45.3 Å². The number of carbonyl (C=O) groups is 2. The van der Waals surface area contributed by atoms with E-state index < -0.39 is 0 Å². The summed E-state index contributed by atoms with van der Waals surface area (Å²) in [4.78, 5) is 25.7. The average Bonchev–Trinajstić information content (AvgIpc) is 2.78. The Bertz CT molecular complexity index is 502. The highest BCUT2D eigenvalue weighted by Crippen LogP contribution is 2.25. The molecule has 1 saturated heterocycles. The molecule has 0 bridgehead atoms. The number of amides is 3. The Morgan fingerprint density at radius 2 is 1.90 bits per heavy atom. The van der Waals surface area contributed by atoms with Crippen LogP contribution in [0.4, 0.5) is 4.79 Å². The van der Waals surface area contributed by atoms with Crippen molar-refractivity contribution >= 4 is 11.9 Å². The van der Waals surface area contributed by atoms with E-state index in [1.165, 1.54) is 0 Å². The van der Waals surface area contributed by atoms with E-state index in [1.54, 1.807) is 0 Å². The van der Waals surface area contributed by atoms with Crippen LogP contribution in [0.25, 0.3) is 0 Å². The van der Waals surface area contributed by atoms with E-state index in [-0.39, 0.29) is 30.1 Å². The Labute approximate surface area is 125 Å². The molecule has 1 aliphatic rings. The van der Waals surface area contributed by atoms with Gasteiger partial charge in [0.1, 0.15) is 0 Å². The SMILES string of the molecule is CC(C)NC(=O)NC1CC(=O)N(C(C)c2ccccc2)C1. The van der Waals surface area contributed by atoms with Crippen LogP contribution < -0.4 is 10.6 Å². The second-order valence-corrected chi connectivity index (χ2v) is 5.81. The van der Waals surface area contributed by atoms with Crippen molar-refractivity contribution in [3.63, 3.8) is 0 Å². The molecule has 0 aliphatic carbocycles. The summed E-state index contributed by atoms with van der Waals surface area (Å²) in [5.41, 5.74) is 1.11. The van der Waals surface area contributed by atoms with Gasteiger partial charge in [-0.2, -0.15) is 0 Å². The van der Waals surface area contributed by atoms with E-state index in [0.29, 0.717) is 13.0 Å². The maximum atomic E-state index is 12.2. The highest BCUT2D eigenvalue weighted by atomic mass is 16.2. The number of rotatable bonds is 4. The number of hydrogen-bond acceptors (Lipinski definition) is 2. The zero-order valence-corrected chi connectivity index (χ0v) is 12.8. The fraction of sp³-hybridized carbons (Fsp3) is 0.500. The van der Waals surface area contributed by atoms with Crippen LogP contribution >= 0.6 is 0 Å². The van der Waals surface area contributed by atoms with E-state index in [9.17, 15) is 9.59 Å². The fourth-order valence-corrected chi connectivity index (χ4v) is 2.60. The van der Waals surface area contributed by atoms with Crippen LogP contribution in [0.15, 0.2) is 30.3 Å². The molecule has 2 N–H and O–H groups in total. The summed E-state index contributed by atoms with van der Waals surface area (Å²) in [7, 11) is 0. The van der Waals surface area contributed by atoms with Gasteiger partial charge in [0.2, 0.25) is 5.91 Å². The Balaban J connectivity index is 1.95. The second kappa shape index (κ2) is 6.61. The van der Waals surface area contributed by atoms with Crippen LogP contribution in [0.5, 0.6) is 0 Å². The van der Waals surface area contributed by atoms with Gasteiger partial charge in [0, 0.05) is 19.0 Å². The highest BCUT2D eigenvalue weighted by molar-refractivity contribution is 5.82. The lowest BCUT2D eigenvalue weighted by atomic mass is 10.1. The minimum atomic E-state index is -0.211. The van der Waals surface area contributed by atoms with Gasteiger partial charge in [-0.25, -0.2) is 4.79 Å². The van der Waals surface area contributed by atoms with Gasteiger partial charge in [-0.05, 0) is 26.3 Å². The Kier molecular flexibility index (Phi) is 4.83. The quantitative estimate of drug-likeness (QED) is 0.891. The number of hydrogen-bond donors (Lipinski definition) is 2. The number of urea groups is 1. The summed E-state index contributed by atoms with van der Waals surface area (Å²) in [6, 6.07) is 9.72. The lowest BCUT2D eigenvalue weighted by molar-refractivity contribution is -0.129. The fourth-order valence-electron chi connectivity index (χ4n) is 2.60. The van der Waals surface area contributed by atoms with Gasteiger partial charge < -0.3 is 15.5 Å².